The second kappa shape index (κ2) is 9.67. The number of hydrogen-bond donors (Lipinski definition) is 1. The highest BCUT2D eigenvalue weighted by Gasteiger charge is 2.38. The van der Waals surface area contributed by atoms with Gasteiger partial charge in [0.25, 0.3) is 0 Å². The predicted octanol–water partition coefficient (Wildman–Crippen LogP) is 2.37. The summed E-state index contributed by atoms with van der Waals surface area (Å²) >= 11 is 0. The second-order valence-electron chi connectivity index (χ2n) is 7.47. The molecule has 32 heavy (non-hydrogen) atoms. The molecule has 2 aromatic heterocycles. The highest BCUT2D eigenvalue weighted by atomic mass is 19.4. The van der Waals surface area contributed by atoms with E-state index in [4.69, 9.17) is 19.9 Å². The fourth-order valence-electron chi connectivity index (χ4n) is 3.06. The Morgan fingerprint density at radius 3 is 2.53 bits per heavy atom. The van der Waals surface area contributed by atoms with Crippen LogP contribution in [0, 0.1) is 17.2 Å². The van der Waals surface area contributed by atoms with Gasteiger partial charge < -0.3 is 14.7 Å². The highest BCUT2D eigenvalue weighted by Crippen LogP contribution is 2.33. The van der Waals surface area contributed by atoms with Crippen LogP contribution in [0.4, 0.5) is 13.2 Å². The van der Waals surface area contributed by atoms with Crippen LogP contribution >= 0.6 is 0 Å². The molecule has 2 aromatic rings. The zero-order valence-corrected chi connectivity index (χ0v) is 16.8. The molecule has 1 amide bonds. The monoisotopic (exact) mass is 451 g/mol. The van der Waals surface area contributed by atoms with E-state index in [9.17, 15) is 18.0 Å². The first kappa shape index (κ1) is 23.1. The van der Waals surface area contributed by atoms with Crippen molar-refractivity contribution in [2.75, 3.05) is 6.54 Å². The summed E-state index contributed by atoms with van der Waals surface area (Å²) in [6.07, 6.45) is 0.863. The quantitative estimate of drug-likeness (QED) is 0.757. The van der Waals surface area contributed by atoms with Crippen molar-refractivity contribution in [1.82, 2.24) is 19.7 Å². The third-order valence-corrected chi connectivity index (χ3v) is 4.87. The molecule has 1 N–H and O–H groups in total. The van der Waals surface area contributed by atoms with Crippen LogP contribution in [-0.2, 0) is 22.7 Å². The third kappa shape index (κ3) is 6.44. The number of carboxylic acids is 1. The van der Waals surface area contributed by atoms with Crippen molar-refractivity contribution in [2.24, 2.45) is 5.92 Å². The largest absolute Gasteiger partial charge is 0.490 e. The Kier molecular flexibility index (Phi) is 6.97. The molecule has 0 radical (unpaired) electrons. The number of ether oxygens (including phenoxy) is 1. The van der Waals surface area contributed by atoms with Crippen molar-refractivity contribution in [3.05, 3.63) is 41.9 Å². The fourth-order valence-corrected chi connectivity index (χ4v) is 3.06. The molecule has 1 fully saturated rings. The lowest BCUT2D eigenvalue weighted by Gasteiger charge is -2.24. The smallest absolute Gasteiger partial charge is 0.475 e. The van der Waals surface area contributed by atoms with E-state index < -0.39 is 12.1 Å². The highest BCUT2D eigenvalue weighted by molar-refractivity contribution is 5.76. The molecule has 0 bridgehead atoms. The van der Waals surface area contributed by atoms with Crippen molar-refractivity contribution in [1.29, 1.82) is 5.26 Å². The van der Waals surface area contributed by atoms with E-state index in [0.717, 1.165) is 18.5 Å². The number of aliphatic carboxylic acids is 1. The van der Waals surface area contributed by atoms with Gasteiger partial charge in [-0.15, -0.1) is 0 Å². The first-order valence-corrected chi connectivity index (χ1v) is 9.77. The molecule has 0 saturated heterocycles. The van der Waals surface area contributed by atoms with Gasteiger partial charge in [-0.25, -0.2) is 9.78 Å². The van der Waals surface area contributed by atoms with Gasteiger partial charge in [0.15, 0.2) is 0 Å². The minimum absolute atomic E-state index is 0.179. The van der Waals surface area contributed by atoms with Crippen molar-refractivity contribution < 1.29 is 32.6 Å². The lowest BCUT2D eigenvalue weighted by atomic mass is 10.2. The lowest BCUT2D eigenvalue weighted by molar-refractivity contribution is -0.192. The number of hydrogen-bond acceptors (Lipinski definition) is 6. The number of carbonyl (C=O) groups excluding carboxylic acids is 1. The van der Waals surface area contributed by atoms with E-state index in [1.807, 2.05) is 21.7 Å². The maximum absolute atomic E-state index is 12.6. The molecule has 1 unspecified atom stereocenters. The third-order valence-electron chi connectivity index (χ3n) is 4.87. The zero-order valence-electron chi connectivity index (χ0n) is 16.8. The van der Waals surface area contributed by atoms with Crippen LogP contribution in [0.2, 0.25) is 0 Å². The molecule has 9 nitrogen and oxygen atoms in total. The molecule has 1 aliphatic heterocycles. The van der Waals surface area contributed by atoms with E-state index in [0.29, 0.717) is 43.4 Å². The Bertz CT molecular complexity index is 996. The number of amides is 1. The summed E-state index contributed by atoms with van der Waals surface area (Å²) in [5.74, 6) is -1.57. The molecular formula is C20H20F3N5O4. The Hall–Kier alpha value is -3.62. The SMILES string of the molecule is N#Cc1ccc(OC2CN(C(=O)CC3CC3)Cc3ccnn3C2)nc1.O=C(O)C(F)(F)F. The van der Waals surface area contributed by atoms with Crippen LogP contribution in [-0.4, -0.2) is 55.5 Å². The number of pyridine rings is 1. The van der Waals surface area contributed by atoms with Gasteiger partial charge in [-0.2, -0.15) is 23.5 Å². The fraction of sp³-hybridized carbons (Fsp3) is 0.450. The molecule has 1 saturated carbocycles. The Morgan fingerprint density at radius 2 is 1.97 bits per heavy atom. The molecule has 0 aromatic carbocycles. The van der Waals surface area contributed by atoms with E-state index in [2.05, 4.69) is 10.1 Å². The lowest BCUT2D eigenvalue weighted by Crippen LogP contribution is -2.38. The zero-order chi connectivity index (χ0) is 23.3. The molecule has 3 heterocycles. The average Bonchev–Trinajstić information content (AvgIpc) is 3.48. The number of carbonyl (C=O) groups is 2. The van der Waals surface area contributed by atoms with Crippen molar-refractivity contribution in [2.45, 2.75) is 44.6 Å². The van der Waals surface area contributed by atoms with E-state index >= 15 is 0 Å². The number of fused-ring (bicyclic) bond motifs is 1. The van der Waals surface area contributed by atoms with E-state index in [-0.39, 0.29) is 12.0 Å². The molecule has 2 aliphatic rings. The van der Waals surface area contributed by atoms with Gasteiger partial charge in [-0.3, -0.25) is 9.48 Å². The van der Waals surface area contributed by atoms with Crippen molar-refractivity contribution >= 4 is 11.9 Å². The maximum Gasteiger partial charge on any atom is 0.490 e. The molecule has 170 valence electrons. The number of carboxylic acid groups (broad SMARTS) is 1. The number of nitrogens with zero attached hydrogens (tertiary/aromatic N) is 5. The topological polar surface area (TPSA) is 121 Å². The summed E-state index contributed by atoms with van der Waals surface area (Å²) in [6, 6.07) is 7.34. The number of alkyl halides is 3. The van der Waals surface area contributed by atoms with Gasteiger partial charge >= 0.3 is 12.1 Å². The maximum atomic E-state index is 12.6. The van der Waals surface area contributed by atoms with E-state index in [1.54, 1.807) is 18.3 Å². The average molecular weight is 451 g/mol. The van der Waals surface area contributed by atoms with Crippen molar-refractivity contribution in [3.8, 4) is 11.9 Å². The van der Waals surface area contributed by atoms with Crippen LogP contribution in [0.15, 0.2) is 30.6 Å². The summed E-state index contributed by atoms with van der Waals surface area (Å²) in [5.41, 5.74) is 1.51. The summed E-state index contributed by atoms with van der Waals surface area (Å²) < 4.78 is 39.6. The first-order chi connectivity index (χ1) is 15.2. The molecule has 4 rings (SSSR count). The van der Waals surface area contributed by atoms with Gasteiger partial charge in [-0.05, 0) is 30.9 Å². The predicted molar refractivity (Wildman–Crippen MR) is 102 cm³/mol. The normalized spacial score (nSPS) is 17.8. The summed E-state index contributed by atoms with van der Waals surface area (Å²) in [5, 5.41) is 20.3. The van der Waals surface area contributed by atoms with Gasteiger partial charge in [0.1, 0.15) is 12.2 Å². The first-order valence-electron chi connectivity index (χ1n) is 9.77. The van der Waals surface area contributed by atoms with Crippen LogP contribution in [0.25, 0.3) is 0 Å². The molecule has 1 atom stereocenters. The second-order valence-corrected chi connectivity index (χ2v) is 7.47. The van der Waals surface area contributed by atoms with Crippen molar-refractivity contribution in [3.63, 3.8) is 0 Å². The van der Waals surface area contributed by atoms with Gasteiger partial charge in [0, 0.05) is 24.9 Å². The Labute approximate surface area is 181 Å². The molecule has 1 aliphatic carbocycles. The molecule has 0 spiro atoms. The standard InChI is InChI=1S/C18H19N5O2.C2HF3O2/c19-8-14-3-4-17(20-9-14)25-16-11-22(18(24)7-13-1-2-13)10-15-5-6-21-23(15)12-16;3-2(4,5)1(6)7/h3-6,9,13,16H,1-2,7,10-12H2;(H,6,7). The number of rotatable bonds is 4. The van der Waals surface area contributed by atoms with Crippen LogP contribution in [0.5, 0.6) is 5.88 Å². The van der Waals surface area contributed by atoms with Gasteiger partial charge in [0.05, 0.1) is 30.9 Å². The molecule has 12 heteroatoms. The Balaban J connectivity index is 0.000000360. The summed E-state index contributed by atoms with van der Waals surface area (Å²) in [6.45, 7) is 1.64. The van der Waals surface area contributed by atoms with Gasteiger partial charge in [-0.1, -0.05) is 0 Å². The number of nitriles is 1. The Morgan fingerprint density at radius 1 is 1.25 bits per heavy atom. The van der Waals surface area contributed by atoms with Gasteiger partial charge in [0.2, 0.25) is 11.8 Å². The minimum Gasteiger partial charge on any atom is -0.475 e. The molecular weight excluding hydrogens is 431 g/mol. The minimum atomic E-state index is -5.08. The summed E-state index contributed by atoms with van der Waals surface area (Å²) in [4.78, 5) is 27.5. The summed E-state index contributed by atoms with van der Waals surface area (Å²) in [7, 11) is 0. The number of aromatic nitrogens is 3. The van der Waals surface area contributed by atoms with E-state index in [1.165, 1.54) is 6.20 Å². The van der Waals surface area contributed by atoms with Crippen LogP contribution < -0.4 is 4.74 Å². The van der Waals surface area contributed by atoms with Crippen LogP contribution in [0.3, 0.4) is 0 Å². The number of halogens is 3. The van der Waals surface area contributed by atoms with Crippen LogP contribution in [0.1, 0.15) is 30.5 Å².